The van der Waals surface area contributed by atoms with Crippen molar-refractivity contribution in [1.29, 1.82) is 0 Å². The number of halogens is 1. The Bertz CT molecular complexity index is 721. The molecule has 0 bridgehead atoms. The predicted molar refractivity (Wildman–Crippen MR) is 76.2 cm³/mol. The molecule has 2 aromatic rings. The van der Waals surface area contributed by atoms with Gasteiger partial charge in [0, 0.05) is 5.02 Å². The van der Waals surface area contributed by atoms with E-state index in [2.05, 4.69) is 14.9 Å². The van der Waals surface area contributed by atoms with Crippen molar-refractivity contribution in [1.82, 2.24) is 10.2 Å². The molecule has 8 heteroatoms. The monoisotopic (exact) mass is 315 g/mol. The number of aromatic nitrogens is 2. The molecule has 6 nitrogen and oxygen atoms in total. The lowest BCUT2D eigenvalue weighted by atomic mass is 10.2. The molecule has 1 aromatic heterocycles. The van der Waals surface area contributed by atoms with Crippen molar-refractivity contribution in [2.24, 2.45) is 0 Å². The molecule has 2 rings (SSSR count). The summed E-state index contributed by atoms with van der Waals surface area (Å²) in [6.07, 6.45) is 0. The molecule has 0 spiro atoms. The lowest BCUT2D eigenvalue weighted by Crippen LogP contribution is -2.14. The standard InChI is InChI=1S/C12H14ClN3O3S/c1-7-12(8(2)15-14-7)16-20(18,19)10-3-4-11(13)9(5-10)6-17/h3-5,16-17H,6H2,1-2H3,(H,14,15). The van der Waals surface area contributed by atoms with E-state index in [0.29, 0.717) is 27.7 Å². The third kappa shape index (κ3) is 2.79. The van der Waals surface area contributed by atoms with E-state index < -0.39 is 10.0 Å². The largest absolute Gasteiger partial charge is 0.392 e. The molecule has 0 aliphatic rings. The molecule has 108 valence electrons. The average molecular weight is 316 g/mol. The molecule has 1 heterocycles. The fourth-order valence-electron chi connectivity index (χ4n) is 1.73. The van der Waals surface area contributed by atoms with E-state index in [4.69, 9.17) is 16.7 Å². The van der Waals surface area contributed by atoms with E-state index >= 15 is 0 Å². The van der Waals surface area contributed by atoms with Crippen LogP contribution in [0.1, 0.15) is 17.0 Å². The van der Waals surface area contributed by atoms with Crippen LogP contribution in [0, 0.1) is 13.8 Å². The number of aryl methyl sites for hydroxylation is 2. The zero-order valence-electron chi connectivity index (χ0n) is 10.9. The Morgan fingerprint density at radius 1 is 1.40 bits per heavy atom. The highest BCUT2D eigenvalue weighted by molar-refractivity contribution is 7.92. The van der Waals surface area contributed by atoms with E-state index in [0.717, 1.165) is 0 Å². The zero-order valence-corrected chi connectivity index (χ0v) is 12.5. The maximum absolute atomic E-state index is 12.3. The average Bonchev–Trinajstić information content (AvgIpc) is 2.70. The highest BCUT2D eigenvalue weighted by Gasteiger charge is 2.19. The molecule has 0 radical (unpaired) electrons. The van der Waals surface area contributed by atoms with Crippen LogP contribution in [0.5, 0.6) is 0 Å². The van der Waals surface area contributed by atoms with Crippen molar-refractivity contribution < 1.29 is 13.5 Å². The molecule has 0 aliphatic carbocycles. The van der Waals surface area contributed by atoms with Crippen LogP contribution in [0.25, 0.3) is 0 Å². The van der Waals surface area contributed by atoms with E-state index in [1.165, 1.54) is 18.2 Å². The fraction of sp³-hybridized carbons (Fsp3) is 0.250. The minimum Gasteiger partial charge on any atom is -0.392 e. The Kier molecular flexibility index (Phi) is 4.03. The van der Waals surface area contributed by atoms with Gasteiger partial charge in [-0.15, -0.1) is 0 Å². The quantitative estimate of drug-likeness (QED) is 0.804. The van der Waals surface area contributed by atoms with Gasteiger partial charge in [-0.2, -0.15) is 5.10 Å². The second-order valence-corrected chi connectivity index (χ2v) is 6.42. The SMILES string of the molecule is Cc1n[nH]c(C)c1NS(=O)(=O)c1ccc(Cl)c(CO)c1. The number of anilines is 1. The Morgan fingerprint density at radius 2 is 2.10 bits per heavy atom. The van der Waals surface area contributed by atoms with Gasteiger partial charge in [0.05, 0.1) is 28.6 Å². The number of benzene rings is 1. The normalized spacial score (nSPS) is 11.6. The summed E-state index contributed by atoms with van der Waals surface area (Å²) in [5, 5.41) is 16.1. The summed E-state index contributed by atoms with van der Waals surface area (Å²) in [5.74, 6) is 0. The lowest BCUT2D eigenvalue weighted by molar-refractivity contribution is 0.281. The summed E-state index contributed by atoms with van der Waals surface area (Å²) in [5.41, 5.74) is 1.96. The van der Waals surface area contributed by atoms with Crippen LogP contribution in [-0.4, -0.2) is 23.7 Å². The summed E-state index contributed by atoms with van der Waals surface area (Å²) >= 11 is 5.85. The predicted octanol–water partition coefficient (Wildman–Crippen LogP) is 1.97. The second-order valence-electron chi connectivity index (χ2n) is 4.33. The molecular weight excluding hydrogens is 302 g/mol. The van der Waals surface area contributed by atoms with Gasteiger partial charge < -0.3 is 5.11 Å². The lowest BCUT2D eigenvalue weighted by Gasteiger charge is -2.10. The van der Waals surface area contributed by atoms with Crippen molar-refractivity contribution in [3.8, 4) is 0 Å². The highest BCUT2D eigenvalue weighted by Crippen LogP contribution is 2.24. The van der Waals surface area contributed by atoms with Crippen molar-refractivity contribution >= 4 is 27.3 Å². The molecular formula is C12H14ClN3O3S. The Labute approximate surface area is 121 Å². The van der Waals surface area contributed by atoms with Gasteiger partial charge in [-0.05, 0) is 37.6 Å². The van der Waals surface area contributed by atoms with Crippen LogP contribution in [0.3, 0.4) is 0 Å². The molecule has 0 amide bonds. The summed E-state index contributed by atoms with van der Waals surface area (Å²) in [4.78, 5) is 0.0333. The summed E-state index contributed by atoms with van der Waals surface area (Å²) in [6.45, 7) is 3.09. The third-order valence-corrected chi connectivity index (χ3v) is 4.58. The summed E-state index contributed by atoms with van der Waals surface area (Å²) in [7, 11) is -3.76. The zero-order chi connectivity index (χ0) is 14.9. The van der Waals surface area contributed by atoms with Gasteiger partial charge in [0.25, 0.3) is 10.0 Å². The number of hydrogen-bond acceptors (Lipinski definition) is 4. The van der Waals surface area contributed by atoms with Crippen LogP contribution in [0.2, 0.25) is 5.02 Å². The summed E-state index contributed by atoms with van der Waals surface area (Å²) < 4.78 is 27.1. The first-order valence-corrected chi connectivity index (χ1v) is 7.65. The fourth-order valence-corrected chi connectivity index (χ4v) is 3.14. The number of aromatic amines is 1. The Hall–Kier alpha value is -1.57. The minimum atomic E-state index is -3.76. The second kappa shape index (κ2) is 5.43. The minimum absolute atomic E-state index is 0.0333. The van der Waals surface area contributed by atoms with E-state index in [9.17, 15) is 8.42 Å². The first kappa shape index (κ1) is 14.8. The van der Waals surface area contributed by atoms with Crippen molar-refractivity contribution in [2.75, 3.05) is 4.72 Å². The molecule has 0 aliphatic heterocycles. The third-order valence-electron chi connectivity index (χ3n) is 2.86. The number of hydrogen-bond donors (Lipinski definition) is 3. The number of aliphatic hydroxyl groups excluding tert-OH is 1. The molecule has 0 fully saturated rings. The van der Waals surface area contributed by atoms with Crippen molar-refractivity contribution in [3.63, 3.8) is 0 Å². The van der Waals surface area contributed by atoms with Gasteiger partial charge in [0.1, 0.15) is 0 Å². The number of sulfonamides is 1. The maximum Gasteiger partial charge on any atom is 0.262 e. The smallest absolute Gasteiger partial charge is 0.262 e. The number of nitrogens with one attached hydrogen (secondary N) is 2. The molecule has 0 unspecified atom stereocenters. The van der Waals surface area contributed by atoms with E-state index in [-0.39, 0.29) is 11.5 Å². The molecule has 0 saturated carbocycles. The van der Waals surface area contributed by atoms with Gasteiger partial charge in [0.2, 0.25) is 0 Å². The molecule has 1 aromatic carbocycles. The van der Waals surface area contributed by atoms with Crippen LogP contribution >= 0.6 is 11.6 Å². The number of rotatable bonds is 4. The Balaban J connectivity index is 2.41. The van der Waals surface area contributed by atoms with Crippen LogP contribution in [0.4, 0.5) is 5.69 Å². The number of H-pyrrole nitrogens is 1. The van der Waals surface area contributed by atoms with Crippen LogP contribution in [0.15, 0.2) is 23.1 Å². The maximum atomic E-state index is 12.3. The first-order chi connectivity index (χ1) is 9.35. The first-order valence-electron chi connectivity index (χ1n) is 5.79. The van der Waals surface area contributed by atoms with Gasteiger partial charge in [-0.1, -0.05) is 11.6 Å². The van der Waals surface area contributed by atoms with E-state index in [1.807, 2.05) is 0 Å². The molecule has 0 atom stereocenters. The van der Waals surface area contributed by atoms with Crippen molar-refractivity contribution in [3.05, 3.63) is 40.2 Å². The Morgan fingerprint density at radius 3 is 2.65 bits per heavy atom. The summed E-state index contributed by atoms with van der Waals surface area (Å²) in [6, 6.07) is 4.17. The van der Waals surface area contributed by atoms with Crippen LogP contribution in [-0.2, 0) is 16.6 Å². The number of aliphatic hydroxyl groups is 1. The van der Waals surface area contributed by atoms with Gasteiger partial charge >= 0.3 is 0 Å². The highest BCUT2D eigenvalue weighted by atomic mass is 35.5. The molecule has 20 heavy (non-hydrogen) atoms. The van der Waals surface area contributed by atoms with E-state index in [1.54, 1.807) is 13.8 Å². The van der Waals surface area contributed by atoms with Gasteiger partial charge in [-0.3, -0.25) is 9.82 Å². The molecule has 3 N–H and O–H groups in total. The van der Waals surface area contributed by atoms with Crippen LogP contribution < -0.4 is 4.72 Å². The van der Waals surface area contributed by atoms with Gasteiger partial charge in [-0.25, -0.2) is 8.42 Å². The number of nitrogens with zero attached hydrogens (tertiary/aromatic N) is 1. The topological polar surface area (TPSA) is 95.1 Å². The molecule has 0 saturated heterocycles. The van der Waals surface area contributed by atoms with Gasteiger partial charge in [0.15, 0.2) is 0 Å². The van der Waals surface area contributed by atoms with Crippen molar-refractivity contribution in [2.45, 2.75) is 25.3 Å².